The van der Waals surface area contributed by atoms with Gasteiger partial charge in [-0.3, -0.25) is 5.43 Å². The largest absolute Gasteiger partial charge is 0.434 e. The number of nitrogens with zero attached hydrogens (tertiary/aromatic N) is 1. The van der Waals surface area contributed by atoms with Crippen LogP contribution in [-0.4, -0.2) is 12.8 Å². The molecular formula is C14H11ClF2N2O. The molecule has 0 amide bonds. The average Bonchev–Trinajstić information content (AvgIpc) is 2.42. The molecule has 0 atom stereocenters. The highest BCUT2D eigenvalue weighted by molar-refractivity contribution is 6.33. The summed E-state index contributed by atoms with van der Waals surface area (Å²) in [6.07, 6.45) is 1.39. The van der Waals surface area contributed by atoms with E-state index in [-0.39, 0.29) is 5.75 Å². The minimum absolute atomic E-state index is 0.0622. The highest BCUT2D eigenvalue weighted by Gasteiger charge is 2.07. The zero-order valence-electron chi connectivity index (χ0n) is 10.3. The van der Waals surface area contributed by atoms with Crippen LogP contribution in [-0.2, 0) is 0 Å². The molecule has 104 valence electrons. The van der Waals surface area contributed by atoms with Crippen molar-refractivity contribution in [1.82, 2.24) is 0 Å². The first-order chi connectivity index (χ1) is 9.66. The van der Waals surface area contributed by atoms with E-state index >= 15 is 0 Å². The van der Waals surface area contributed by atoms with Gasteiger partial charge in [-0.25, -0.2) is 0 Å². The van der Waals surface area contributed by atoms with Gasteiger partial charge >= 0.3 is 6.61 Å². The van der Waals surface area contributed by atoms with Gasteiger partial charge in [0.05, 0.1) is 16.9 Å². The van der Waals surface area contributed by atoms with Crippen molar-refractivity contribution >= 4 is 23.5 Å². The zero-order chi connectivity index (χ0) is 14.4. The molecule has 0 aromatic heterocycles. The van der Waals surface area contributed by atoms with Crippen LogP contribution in [0.25, 0.3) is 0 Å². The fourth-order valence-corrected chi connectivity index (χ4v) is 1.69. The molecule has 0 bridgehead atoms. The van der Waals surface area contributed by atoms with E-state index in [1.54, 1.807) is 42.5 Å². The molecule has 0 aliphatic rings. The quantitative estimate of drug-likeness (QED) is 0.656. The number of para-hydroxylation sites is 2. The lowest BCUT2D eigenvalue weighted by Gasteiger charge is -2.07. The minimum Gasteiger partial charge on any atom is -0.434 e. The van der Waals surface area contributed by atoms with E-state index in [0.717, 1.165) is 0 Å². The van der Waals surface area contributed by atoms with Crippen LogP contribution >= 0.6 is 11.6 Å². The highest BCUT2D eigenvalue weighted by atomic mass is 35.5. The number of rotatable bonds is 5. The Hall–Kier alpha value is -2.14. The first kappa shape index (κ1) is 14.3. The van der Waals surface area contributed by atoms with Crippen molar-refractivity contribution in [3.05, 3.63) is 59.1 Å². The van der Waals surface area contributed by atoms with Crippen LogP contribution in [0, 0.1) is 0 Å². The summed E-state index contributed by atoms with van der Waals surface area (Å²) in [5.74, 6) is 0.0622. The van der Waals surface area contributed by atoms with E-state index in [9.17, 15) is 8.78 Å². The second-order valence-electron chi connectivity index (χ2n) is 3.77. The lowest BCUT2D eigenvalue weighted by molar-refractivity contribution is -0.0499. The Kier molecular flexibility index (Phi) is 4.90. The van der Waals surface area contributed by atoms with Gasteiger partial charge in [-0.15, -0.1) is 0 Å². The van der Waals surface area contributed by atoms with Crippen LogP contribution in [0.1, 0.15) is 5.56 Å². The zero-order valence-corrected chi connectivity index (χ0v) is 11.0. The lowest BCUT2D eigenvalue weighted by Crippen LogP contribution is -2.04. The van der Waals surface area contributed by atoms with Crippen LogP contribution in [0.15, 0.2) is 53.6 Å². The van der Waals surface area contributed by atoms with Gasteiger partial charge < -0.3 is 4.74 Å². The molecule has 0 heterocycles. The maximum absolute atomic E-state index is 12.2. The van der Waals surface area contributed by atoms with Crippen LogP contribution in [0.3, 0.4) is 0 Å². The molecule has 0 saturated heterocycles. The summed E-state index contributed by atoms with van der Waals surface area (Å²) in [4.78, 5) is 0. The Morgan fingerprint density at radius 3 is 2.55 bits per heavy atom. The molecule has 0 fully saturated rings. The monoisotopic (exact) mass is 296 g/mol. The minimum atomic E-state index is -2.87. The Balaban J connectivity index is 2.10. The summed E-state index contributed by atoms with van der Waals surface area (Å²) in [7, 11) is 0. The van der Waals surface area contributed by atoms with Crippen LogP contribution < -0.4 is 10.2 Å². The van der Waals surface area contributed by atoms with Gasteiger partial charge in [-0.1, -0.05) is 35.9 Å². The van der Waals surface area contributed by atoms with Crippen molar-refractivity contribution in [2.75, 3.05) is 5.43 Å². The van der Waals surface area contributed by atoms with Gasteiger partial charge in [-0.2, -0.15) is 13.9 Å². The molecular weight excluding hydrogens is 286 g/mol. The Morgan fingerprint density at radius 1 is 1.10 bits per heavy atom. The molecule has 0 saturated carbocycles. The van der Waals surface area contributed by atoms with Gasteiger partial charge in [-0.05, 0) is 24.3 Å². The Labute approximate surface area is 119 Å². The predicted octanol–water partition coefficient (Wildman–Crippen LogP) is 4.39. The Bertz CT molecular complexity index is 605. The third-order valence-corrected chi connectivity index (χ3v) is 2.73. The summed E-state index contributed by atoms with van der Waals surface area (Å²) < 4.78 is 28.9. The topological polar surface area (TPSA) is 33.6 Å². The summed E-state index contributed by atoms with van der Waals surface area (Å²) in [6.45, 7) is -2.87. The summed E-state index contributed by atoms with van der Waals surface area (Å²) in [6, 6.07) is 13.4. The molecule has 0 aliphatic heterocycles. The van der Waals surface area contributed by atoms with E-state index in [0.29, 0.717) is 16.3 Å². The molecule has 0 spiro atoms. The highest BCUT2D eigenvalue weighted by Crippen LogP contribution is 2.21. The van der Waals surface area contributed by atoms with Crippen molar-refractivity contribution in [3.63, 3.8) is 0 Å². The second kappa shape index (κ2) is 6.86. The van der Waals surface area contributed by atoms with E-state index in [2.05, 4.69) is 15.3 Å². The normalized spacial score (nSPS) is 11.0. The van der Waals surface area contributed by atoms with Crippen molar-refractivity contribution in [2.24, 2.45) is 5.10 Å². The van der Waals surface area contributed by atoms with Crippen LogP contribution in [0.2, 0.25) is 5.02 Å². The van der Waals surface area contributed by atoms with Crippen molar-refractivity contribution < 1.29 is 13.5 Å². The lowest BCUT2D eigenvalue weighted by atomic mass is 10.2. The van der Waals surface area contributed by atoms with Crippen LogP contribution in [0.5, 0.6) is 5.75 Å². The van der Waals surface area contributed by atoms with Gasteiger partial charge in [0.15, 0.2) is 0 Å². The fourth-order valence-electron chi connectivity index (χ4n) is 1.51. The standard InChI is InChI=1S/C14H11ClF2N2O/c15-11-6-2-3-7-12(11)19-18-9-10-5-1-4-8-13(10)20-14(16)17/h1-9,14,19H/b18-9+. The molecule has 0 radical (unpaired) electrons. The SMILES string of the molecule is FC(F)Oc1ccccc1/C=N/Nc1ccccc1Cl. The van der Waals surface area contributed by atoms with Gasteiger partial charge in [0.1, 0.15) is 5.75 Å². The van der Waals surface area contributed by atoms with Crippen LogP contribution in [0.4, 0.5) is 14.5 Å². The molecule has 3 nitrogen and oxygen atoms in total. The van der Waals surface area contributed by atoms with Crippen molar-refractivity contribution in [2.45, 2.75) is 6.61 Å². The Morgan fingerprint density at radius 2 is 1.80 bits per heavy atom. The molecule has 6 heteroatoms. The van der Waals surface area contributed by atoms with Crippen molar-refractivity contribution in [3.8, 4) is 5.75 Å². The molecule has 1 N–H and O–H groups in total. The first-order valence-electron chi connectivity index (χ1n) is 5.74. The third kappa shape index (κ3) is 3.93. The molecule has 2 aromatic carbocycles. The summed E-state index contributed by atoms with van der Waals surface area (Å²) in [5.41, 5.74) is 3.80. The second-order valence-corrected chi connectivity index (χ2v) is 4.17. The average molecular weight is 297 g/mol. The number of ether oxygens (including phenoxy) is 1. The number of hydrogen-bond acceptors (Lipinski definition) is 3. The smallest absolute Gasteiger partial charge is 0.387 e. The number of nitrogens with one attached hydrogen (secondary N) is 1. The van der Waals surface area contributed by atoms with Gasteiger partial charge in [0.25, 0.3) is 0 Å². The van der Waals surface area contributed by atoms with E-state index in [1.807, 2.05) is 0 Å². The van der Waals surface area contributed by atoms with Gasteiger partial charge in [0, 0.05) is 5.56 Å². The third-order valence-electron chi connectivity index (χ3n) is 2.40. The fraction of sp³-hybridized carbons (Fsp3) is 0.0714. The molecule has 20 heavy (non-hydrogen) atoms. The predicted molar refractivity (Wildman–Crippen MR) is 75.7 cm³/mol. The number of hydrogen-bond donors (Lipinski definition) is 1. The number of alkyl halides is 2. The number of benzene rings is 2. The maximum Gasteiger partial charge on any atom is 0.387 e. The maximum atomic E-state index is 12.2. The molecule has 2 rings (SSSR count). The molecule has 0 aliphatic carbocycles. The number of anilines is 1. The molecule has 2 aromatic rings. The number of halogens is 3. The number of hydrazone groups is 1. The van der Waals surface area contributed by atoms with E-state index < -0.39 is 6.61 Å². The molecule has 0 unspecified atom stereocenters. The van der Waals surface area contributed by atoms with Gasteiger partial charge in [0.2, 0.25) is 0 Å². The van der Waals surface area contributed by atoms with E-state index in [4.69, 9.17) is 11.6 Å². The summed E-state index contributed by atoms with van der Waals surface area (Å²) in [5, 5.41) is 4.47. The van der Waals surface area contributed by atoms with Crippen molar-refractivity contribution in [1.29, 1.82) is 0 Å². The first-order valence-corrected chi connectivity index (χ1v) is 6.12. The van der Waals surface area contributed by atoms with E-state index in [1.165, 1.54) is 12.3 Å². The summed E-state index contributed by atoms with van der Waals surface area (Å²) >= 11 is 5.95.